The van der Waals surface area contributed by atoms with Crippen LogP contribution in [0.2, 0.25) is 0 Å². The number of hydrogen-bond acceptors (Lipinski definition) is 3. The van der Waals surface area contributed by atoms with E-state index in [4.69, 9.17) is 0 Å². The van der Waals surface area contributed by atoms with Gasteiger partial charge in [0.25, 0.3) is 5.91 Å². The molecule has 2 N–H and O–H groups in total. The summed E-state index contributed by atoms with van der Waals surface area (Å²) in [4.78, 5) is 15.8. The van der Waals surface area contributed by atoms with E-state index < -0.39 is 17.5 Å². The highest BCUT2D eigenvalue weighted by Gasteiger charge is 2.09. The van der Waals surface area contributed by atoms with Crippen molar-refractivity contribution in [1.82, 2.24) is 10.3 Å². The van der Waals surface area contributed by atoms with Gasteiger partial charge in [-0.05, 0) is 18.2 Å². The maximum Gasteiger partial charge on any atom is 0.270 e. The first-order valence-electron chi connectivity index (χ1n) is 5.96. The second-order valence-electron chi connectivity index (χ2n) is 4.10. The molecule has 0 saturated carbocycles. The van der Waals surface area contributed by atoms with Crippen molar-refractivity contribution in [2.75, 3.05) is 12.4 Å². The number of carbonyl (C=O) groups is 1. The molecular formula is C14H13F2N3O. The van der Waals surface area contributed by atoms with E-state index in [1.165, 1.54) is 12.3 Å². The third kappa shape index (κ3) is 3.28. The molecule has 0 aliphatic heterocycles. The van der Waals surface area contributed by atoms with E-state index in [1.807, 2.05) is 0 Å². The third-order valence-electron chi connectivity index (χ3n) is 2.74. The summed E-state index contributed by atoms with van der Waals surface area (Å²) in [6.07, 6.45) is 1.50. The van der Waals surface area contributed by atoms with Crippen LogP contribution in [0.15, 0.2) is 36.5 Å². The van der Waals surface area contributed by atoms with Crippen LogP contribution in [0.1, 0.15) is 16.1 Å². The largest absolute Gasteiger partial charge is 0.388 e. The second-order valence-corrected chi connectivity index (χ2v) is 4.10. The summed E-state index contributed by atoms with van der Waals surface area (Å²) >= 11 is 0. The van der Waals surface area contributed by atoms with Crippen molar-refractivity contribution in [3.05, 3.63) is 59.4 Å². The highest BCUT2D eigenvalue weighted by Crippen LogP contribution is 2.10. The normalized spacial score (nSPS) is 10.2. The fourth-order valence-electron chi connectivity index (χ4n) is 1.64. The molecular weight excluding hydrogens is 264 g/mol. The fraction of sp³-hybridized carbons (Fsp3) is 0.143. The van der Waals surface area contributed by atoms with Crippen molar-refractivity contribution in [2.24, 2.45) is 0 Å². The molecule has 0 atom stereocenters. The molecule has 4 nitrogen and oxygen atoms in total. The number of halogens is 2. The maximum atomic E-state index is 13.4. The van der Waals surface area contributed by atoms with E-state index in [0.717, 1.165) is 17.8 Å². The van der Waals surface area contributed by atoms with Crippen LogP contribution in [0.5, 0.6) is 0 Å². The molecule has 2 aromatic rings. The van der Waals surface area contributed by atoms with Crippen LogP contribution in [-0.4, -0.2) is 17.9 Å². The third-order valence-corrected chi connectivity index (χ3v) is 2.74. The van der Waals surface area contributed by atoms with Gasteiger partial charge in [-0.3, -0.25) is 9.78 Å². The van der Waals surface area contributed by atoms with Gasteiger partial charge < -0.3 is 10.6 Å². The summed E-state index contributed by atoms with van der Waals surface area (Å²) in [6.45, 7) is -0.0313. The van der Waals surface area contributed by atoms with Crippen molar-refractivity contribution < 1.29 is 13.6 Å². The zero-order valence-electron chi connectivity index (χ0n) is 10.8. The Labute approximate surface area is 114 Å². The number of anilines is 1. The van der Waals surface area contributed by atoms with E-state index in [-0.39, 0.29) is 17.8 Å². The van der Waals surface area contributed by atoms with E-state index in [1.54, 1.807) is 19.2 Å². The number of hydrogen-bond donors (Lipinski definition) is 2. The maximum absolute atomic E-state index is 13.4. The summed E-state index contributed by atoms with van der Waals surface area (Å²) in [5.41, 5.74) is 1.18. The lowest BCUT2D eigenvalue weighted by atomic mass is 10.2. The molecule has 1 heterocycles. The predicted octanol–water partition coefficient (Wildman–Crippen LogP) is 2.33. The van der Waals surface area contributed by atoms with Crippen molar-refractivity contribution in [3.63, 3.8) is 0 Å². The Kier molecular flexibility index (Phi) is 4.24. The fourth-order valence-corrected chi connectivity index (χ4v) is 1.64. The molecule has 0 spiro atoms. The van der Waals surface area contributed by atoms with Gasteiger partial charge in [-0.1, -0.05) is 6.07 Å². The van der Waals surface area contributed by atoms with Gasteiger partial charge in [-0.15, -0.1) is 0 Å². The summed E-state index contributed by atoms with van der Waals surface area (Å²) < 4.78 is 26.2. The topological polar surface area (TPSA) is 54.0 Å². The lowest BCUT2D eigenvalue weighted by Crippen LogP contribution is -2.24. The molecule has 104 valence electrons. The number of nitrogens with zero attached hydrogens (tertiary/aromatic N) is 1. The molecule has 1 aromatic heterocycles. The lowest BCUT2D eigenvalue weighted by Gasteiger charge is -2.07. The van der Waals surface area contributed by atoms with Crippen molar-refractivity contribution >= 4 is 11.6 Å². The van der Waals surface area contributed by atoms with Crippen LogP contribution in [0.4, 0.5) is 14.5 Å². The average Bonchev–Trinajstić information content (AvgIpc) is 2.46. The van der Waals surface area contributed by atoms with Gasteiger partial charge in [-0.25, -0.2) is 8.78 Å². The number of amides is 1. The van der Waals surface area contributed by atoms with Crippen molar-refractivity contribution in [2.45, 2.75) is 6.54 Å². The van der Waals surface area contributed by atoms with Crippen molar-refractivity contribution in [1.29, 1.82) is 0 Å². The average molecular weight is 277 g/mol. The zero-order chi connectivity index (χ0) is 14.5. The van der Waals surface area contributed by atoms with Crippen LogP contribution < -0.4 is 10.6 Å². The predicted molar refractivity (Wildman–Crippen MR) is 71.3 cm³/mol. The Morgan fingerprint density at radius 2 is 2.05 bits per heavy atom. The number of benzene rings is 1. The molecule has 1 amide bonds. The summed E-state index contributed by atoms with van der Waals surface area (Å²) in [7, 11) is 1.73. The van der Waals surface area contributed by atoms with Gasteiger partial charge in [0.1, 0.15) is 17.3 Å². The molecule has 1 aromatic carbocycles. The van der Waals surface area contributed by atoms with Crippen LogP contribution in [-0.2, 0) is 6.54 Å². The first kappa shape index (κ1) is 13.9. The minimum atomic E-state index is -0.692. The Hall–Kier alpha value is -2.50. The van der Waals surface area contributed by atoms with E-state index in [9.17, 15) is 13.6 Å². The Morgan fingerprint density at radius 3 is 2.75 bits per heavy atom. The smallest absolute Gasteiger partial charge is 0.270 e. The van der Waals surface area contributed by atoms with Gasteiger partial charge in [0, 0.05) is 37.1 Å². The minimum Gasteiger partial charge on any atom is -0.388 e. The van der Waals surface area contributed by atoms with E-state index in [0.29, 0.717) is 0 Å². The van der Waals surface area contributed by atoms with Gasteiger partial charge >= 0.3 is 0 Å². The summed E-state index contributed by atoms with van der Waals surface area (Å²) in [5.74, 6) is -1.77. The van der Waals surface area contributed by atoms with Gasteiger partial charge in [0.2, 0.25) is 0 Å². The molecule has 0 aliphatic rings. The first-order valence-corrected chi connectivity index (χ1v) is 5.96. The van der Waals surface area contributed by atoms with Crippen LogP contribution in [0, 0.1) is 11.6 Å². The zero-order valence-corrected chi connectivity index (χ0v) is 10.8. The number of carbonyl (C=O) groups excluding carboxylic acids is 1. The molecule has 0 fully saturated rings. The van der Waals surface area contributed by atoms with Crippen LogP contribution >= 0.6 is 0 Å². The number of rotatable bonds is 4. The Bertz CT molecular complexity index is 632. The molecule has 0 saturated heterocycles. The minimum absolute atomic E-state index is 0.0313. The highest BCUT2D eigenvalue weighted by molar-refractivity contribution is 5.93. The number of aromatic nitrogens is 1. The standard InChI is InChI=1S/C14H13F2N3O/c1-17-11-4-5-18-13(7-11)14(20)19-8-9-2-3-10(15)6-12(9)16/h2-7H,8H2,1H3,(H,17,18)(H,19,20). The summed E-state index contributed by atoms with van der Waals surface area (Å²) in [6, 6.07) is 6.51. The summed E-state index contributed by atoms with van der Waals surface area (Å²) in [5, 5.41) is 5.42. The SMILES string of the molecule is CNc1ccnc(C(=O)NCc2ccc(F)cc2F)c1. The van der Waals surface area contributed by atoms with Gasteiger partial charge in [-0.2, -0.15) is 0 Å². The van der Waals surface area contributed by atoms with E-state index >= 15 is 0 Å². The molecule has 0 bridgehead atoms. The molecule has 0 unspecified atom stereocenters. The Balaban J connectivity index is 2.04. The molecule has 0 radical (unpaired) electrons. The van der Waals surface area contributed by atoms with Crippen molar-refractivity contribution in [3.8, 4) is 0 Å². The van der Waals surface area contributed by atoms with E-state index in [2.05, 4.69) is 15.6 Å². The first-order chi connectivity index (χ1) is 9.60. The molecule has 6 heteroatoms. The molecule has 2 rings (SSSR count). The number of pyridine rings is 1. The van der Waals surface area contributed by atoms with Crippen LogP contribution in [0.25, 0.3) is 0 Å². The van der Waals surface area contributed by atoms with Gasteiger partial charge in [0.15, 0.2) is 0 Å². The monoisotopic (exact) mass is 277 g/mol. The second kappa shape index (κ2) is 6.10. The lowest BCUT2D eigenvalue weighted by molar-refractivity contribution is 0.0945. The number of nitrogens with one attached hydrogen (secondary N) is 2. The highest BCUT2D eigenvalue weighted by atomic mass is 19.1. The quantitative estimate of drug-likeness (QED) is 0.902. The van der Waals surface area contributed by atoms with Crippen LogP contribution in [0.3, 0.4) is 0 Å². The molecule has 0 aliphatic carbocycles. The molecule has 20 heavy (non-hydrogen) atoms. The Morgan fingerprint density at radius 1 is 1.25 bits per heavy atom. The van der Waals surface area contributed by atoms with Gasteiger partial charge in [0.05, 0.1) is 0 Å².